The molecule has 2 heterocycles. The number of nitrogens with zero attached hydrogens (tertiary/aromatic N) is 1. The van der Waals surface area contributed by atoms with E-state index >= 15 is 0 Å². The van der Waals surface area contributed by atoms with Crippen molar-refractivity contribution in [2.45, 2.75) is 25.5 Å². The molecular weight excluding hydrogens is 220 g/mol. The lowest BCUT2D eigenvalue weighted by molar-refractivity contribution is -0.142. The molecule has 0 aromatic carbocycles. The number of rotatable bonds is 3. The van der Waals surface area contributed by atoms with Crippen molar-refractivity contribution in [1.82, 2.24) is 10.3 Å². The summed E-state index contributed by atoms with van der Waals surface area (Å²) in [6.07, 6.45) is 2.34. The van der Waals surface area contributed by atoms with Crippen LogP contribution in [0.5, 0.6) is 5.88 Å². The molecule has 1 aliphatic rings. The van der Waals surface area contributed by atoms with Gasteiger partial charge in [-0.2, -0.15) is 0 Å². The Hall–Kier alpha value is -1.62. The first kappa shape index (κ1) is 11.9. The lowest BCUT2D eigenvalue weighted by atomic mass is 10.2. The molecule has 0 bridgehead atoms. The molecule has 2 rings (SSSR count). The average Bonchev–Trinajstić information content (AvgIpc) is 2.80. The molecule has 0 spiro atoms. The van der Waals surface area contributed by atoms with Crippen molar-refractivity contribution in [3.63, 3.8) is 0 Å². The van der Waals surface area contributed by atoms with Crippen LogP contribution in [-0.2, 0) is 9.53 Å². The highest BCUT2D eigenvalue weighted by molar-refractivity contribution is 5.76. The van der Waals surface area contributed by atoms with Crippen LogP contribution in [0.15, 0.2) is 18.3 Å². The summed E-state index contributed by atoms with van der Waals surface area (Å²) >= 11 is 0. The third-order valence-corrected chi connectivity index (χ3v) is 2.75. The van der Waals surface area contributed by atoms with E-state index in [0.29, 0.717) is 18.8 Å². The maximum atomic E-state index is 11.3. The van der Waals surface area contributed by atoms with Gasteiger partial charge in [-0.25, -0.2) is 4.98 Å². The number of nitrogens with one attached hydrogen (secondary N) is 1. The normalized spacial score (nSPS) is 23.4. The van der Waals surface area contributed by atoms with Gasteiger partial charge in [0.05, 0.1) is 7.11 Å². The van der Waals surface area contributed by atoms with Crippen LogP contribution < -0.4 is 10.1 Å². The fourth-order valence-corrected chi connectivity index (χ4v) is 1.81. The van der Waals surface area contributed by atoms with E-state index < -0.39 is 0 Å². The Labute approximate surface area is 100 Å². The standard InChI is InChI=1S/C12H16N2O3/c1-8-3-4-11(14-6-8)17-9-5-10(13-7-9)12(15)16-2/h3-4,6,9-10,13H,5,7H2,1-2H3/t9-,10+/m1/s1. The van der Waals surface area contributed by atoms with E-state index in [2.05, 4.69) is 15.0 Å². The lowest BCUT2D eigenvalue weighted by Gasteiger charge is -2.11. The minimum absolute atomic E-state index is 0.0330. The highest BCUT2D eigenvalue weighted by atomic mass is 16.5. The third-order valence-electron chi connectivity index (χ3n) is 2.75. The molecule has 1 aliphatic heterocycles. The van der Waals surface area contributed by atoms with Gasteiger partial charge < -0.3 is 14.8 Å². The average molecular weight is 236 g/mol. The molecule has 1 fully saturated rings. The molecule has 92 valence electrons. The van der Waals surface area contributed by atoms with E-state index in [0.717, 1.165) is 5.56 Å². The van der Waals surface area contributed by atoms with Gasteiger partial charge in [-0.1, -0.05) is 6.07 Å². The fourth-order valence-electron chi connectivity index (χ4n) is 1.81. The van der Waals surface area contributed by atoms with Gasteiger partial charge in [0.2, 0.25) is 5.88 Å². The maximum absolute atomic E-state index is 11.3. The molecule has 2 atom stereocenters. The Bertz CT molecular complexity index is 391. The van der Waals surface area contributed by atoms with Gasteiger partial charge in [0, 0.05) is 25.2 Å². The van der Waals surface area contributed by atoms with E-state index in [9.17, 15) is 4.79 Å². The number of hydrogen-bond acceptors (Lipinski definition) is 5. The zero-order chi connectivity index (χ0) is 12.3. The van der Waals surface area contributed by atoms with E-state index in [-0.39, 0.29) is 18.1 Å². The predicted octanol–water partition coefficient (Wildman–Crippen LogP) is 0.672. The van der Waals surface area contributed by atoms with E-state index in [1.54, 1.807) is 6.20 Å². The molecule has 1 N–H and O–H groups in total. The topological polar surface area (TPSA) is 60.5 Å². The van der Waals surface area contributed by atoms with Crippen molar-refractivity contribution in [2.75, 3.05) is 13.7 Å². The smallest absolute Gasteiger partial charge is 0.323 e. The summed E-state index contributed by atoms with van der Waals surface area (Å²) in [5.41, 5.74) is 1.09. The summed E-state index contributed by atoms with van der Waals surface area (Å²) in [6.45, 7) is 2.61. The molecule has 1 aromatic rings. The number of pyridine rings is 1. The first-order valence-corrected chi connectivity index (χ1v) is 5.59. The zero-order valence-corrected chi connectivity index (χ0v) is 9.97. The Morgan fingerprint density at radius 1 is 1.53 bits per heavy atom. The van der Waals surface area contributed by atoms with Crippen molar-refractivity contribution in [3.8, 4) is 5.88 Å². The molecular formula is C12H16N2O3. The summed E-state index contributed by atoms with van der Waals surface area (Å²) in [7, 11) is 1.39. The number of carbonyl (C=O) groups excluding carboxylic acids is 1. The van der Waals surface area contributed by atoms with Crippen LogP contribution >= 0.6 is 0 Å². The predicted molar refractivity (Wildman–Crippen MR) is 61.8 cm³/mol. The molecule has 17 heavy (non-hydrogen) atoms. The van der Waals surface area contributed by atoms with E-state index in [4.69, 9.17) is 4.74 Å². The van der Waals surface area contributed by atoms with Crippen molar-refractivity contribution in [2.24, 2.45) is 0 Å². The minimum Gasteiger partial charge on any atom is -0.473 e. The summed E-state index contributed by atoms with van der Waals surface area (Å²) in [5.74, 6) is 0.348. The SMILES string of the molecule is COC(=O)[C@@H]1C[C@@H](Oc2ccc(C)cn2)CN1. The molecule has 0 radical (unpaired) electrons. The number of hydrogen-bond donors (Lipinski definition) is 1. The van der Waals surface area contributed by atoms with Crippen LogP contribution in [-0.4, -0.2) is 36.8 Å². The quantitative estimate of drug-likeness (QED) is 0.782. The molecule has 0 amide bonds. The number of ether oxygens (including phenoxy) is 2. The molecule has 0 unspecified atom stereocenters. The van der Waals surface area contributed by atoms with Gasteiger partial charge in [0.25, 0.3) is 0 Å². The molecule has 0 saturated carbocycles. The second kappa shape index (κ2) is 5.14. The fraction of sp³-hybridized carbons (Fsp3) is 0.500. The van der Waals surface area contributed by atoms with E-state index in [1.807, 2.05) is 19.1 Å². The van der Waals surface area contributed by atoms with Crippen molar-refractivity contribution >= 4 is 5.97 Å². The van der Waals surface area contributed by atoms with Gasteiger partial charge in [0.15, 0.2) is 0 Å². The molecule has 5 heteroatoms. The largest absolute Gasteiger partial charge is 0.473 e. The van der Waals surface area contributed by atoms with Gasteiger partial charge in [0.1, 0.15) is 12.1 Å². The Morgan fingerprint density at radius 2 is 2.35 bits per heavy atom. The summed E-state index contributed by atoms with van der Waals surface area (Å²) in [6, 6.07) is 3.51. The number of esters is 1. The maximum Gasteiger partial charge on any atom is 0.323 e. The Kier molecular flexibility index (Phi) is 3.58. The highest BCUT2D eigenvalue weighted by Crippen LogP contribution is 2.15. The van der Waals surface area contributed by atoms with Crippen LogP contribution in [0, 0.1) is 6.92 Å². The number of carbonyl (C=O) groups is 1. The summed E-state index contributed by atoms with van der Waals surface area (Å²) in [4.78, 5) is 15.5. The van der Waals surface area contributed by atoms with Gasteiger partial charge in [-0.15, -0.1) is 0 Å². The summed E-state index contributed by atoms with van der Waals surface area (Å²) in [5, 5.41) is 3.06. The van der Waals surface area contributed by atoms with Crippen LogP contribution in [0.1, 0.15) is 12.0 Å². The van der Waals surface area contributed by atoms with Gasteiger partial charge in [-0.05, 0) is 12.5 Å². The van der Waals surface area contributed by atoms with Crippen LogP contribution in [0.4, 0.5) is 0 Å². The number of aryl methyl sites for hydroxylation is 1. The molecule has 1 aromatic heterocycles. The molecule has 0 aliphatic carbocycles. The Balaban J connectivity index is 1.89. The third kappa shape index (κ3) is 2.94. The van der Waals surface area contributed by atoms with Crippen LogP contribution in [0.25, 0.3) is 0 Å². The lowest BCUT2D eigenvalue weighted by Crippen LogP contribution is -2.31. The first-order valence-electron chi connectivity index (χ1n) is 5.59. The van der Waals surface area contributed by atoms with Crippen LogP contribution in [0.3, 0.4) is 0 Å². The zero-order valence-electron chi connectivity index (χ0n) is 9.97. The Morgan fingerprint density at radius 3 is 3.00 bits per heavy atom. The van der Waals surface area contributed by atoms with Crippen LogP contribution in [0.2, 0.25) is 0 Å². The second-order valence-corrected chi connectivity index (χ2v) is 4.13. The van der Waals surface area contributed by atoms with E-state index in [1.165, 1.54) is 7.11 Å². The van der Waals surface area contributed by atoms with Crippen molar-refractivity contribution in [3.05, 3.63) is 23.9 Å². The summed E-state index contributed by atoms with van der Waals surface area (Å²) < 4.78 is 10.3. The second-order valence-electron chi connectivity index (χ2n) is 4.13. The van der Waals surface area contributed by atoms with Gasteiger partial charge >= 0.3 is 5.97 Å². The van der Waals surface area contributed by atoms with Crippen molar-refractivity contribution < 1.29 is 14.3 Å². The van der Waals surface area contributed by atoms with Crippen molar-refractivity contribution in [1.29, 1.82) is 0 Å². The molecule has 1 saturated heterocycles. The monoisotopic (exact) mass is 236 g/mol. The minimum atomic E-state index is -0.268. The number of aromatic nitrogens is 1. The number of methoxy groups -OCH3 is 1. The van der Waals surface area contributed by atoms with Gasteiger partial charge in [-0.3, -0.25) is 4.79 Å². The molecule has 5 nitrogen and oxygen atoms in total. The first-order chi connectivity index (χ1) is 8.19. The highest BCUT2D eigenvalue weighted by Gasteiger charge is 2.31.